The van der Waals surface area contributed by atoms with Crippen molar-refractivity contribution in [3.63, 3.8) is 0 Å². The molecule has 0 N–H and O–H groups in total. The van der Waals surface area contributed by atoms with Crippen molar-refractivity contribution in [2.75, 3.05) is 4.90 Å². The molecule has 3 aliphatic rings. The van der Waals surface area contributed by atoms with Gasteiger partial charge >= 0.3 is 0 Å². The van der Waals surface area contributed by atoms with Crippen molar-refractivity contribution in [1.29, 1.82) is 0 Å². The second-order valence-electron chi connectivity index (χ2n) is 16.5. The number of fused-ring (bicyclic) bond motifs is 6. The molecule has 0 saturated carbocycles. The third-order valence-electron chi connectivity index (χ3n) is 13.0. The number of hydrogen-bond acceptors (Lipinski definition) is 3. The van der Waals surface area contributed by atoms with Crippen molar-refractivity contribution in [3.8, 4) is 33.5 Å². The Balaban J connectivity index is 0.856. The highest BCUT2D eigenvalue weighted by molar-refractivity contribution is 6.11. The number of hydrogen-bond donors (Lipinski definition) is 0. The van der Waals surface area contributed by atoms with Crippen molar-refractivity contribution in [2.45, 2.75) is 24.8 Å². The molecule has 62 heavy (non-hydrogen) atoms. The first-order valence-electron chi connectivity index (χ1n) is 21.6. The molecule has 0 radical (unpaired) electrons. The molecule has 2 unspecified atom stereocenters. The van der Waals surface area contributed by atoms with Crippen molar-refractivity contribution < 1.29 is 0 Å². The van der Waals surface area contributed by atoms with Crippen LogP contribution in [-0.2, 0) is 0 Å². The van der Waals surface area contributed by atoms with Crippen LogP contribution in [-0.4, -0.2) is 20.6 Å². The fraction of sp³-hybridized carbons (Fsp3) is 0.0690. The van der Waals surface area contributed by atoms with Crippen molar-refractivity contribution >= 4 is 50.3 Å². The summed E-state index contributed by atoms with van der Waals surface area (Å²) in [6.45, 7) is 0. The monoisotopic (exact) mass is 794 g/mol. The summed E-state index contributed by atoms with van der Waals surface area (Å²) in [6, 6.07) is 65.5. The minimum Gasteiger partial charge on any atom is -0.313 e. The molecule has 2 atom stereocenters. The molecule has 294 valence electrons. The smallest absolute Gasteiger partial charge is 0.231 e. The van der Waals surface area contributed by atoms with E-state index in [2.05, 4.69) is 216 Å². The number of anilines is 2. The lowest BCUT2D eigenvalue weighted by atomic mass is 9.86. The van der Waals surface area contributed by atoms with Crippen LogP contribution in [0.25, 0.3) is 72.2 Å². The van der Waals surface area contributed by atoms with E-state index in [9.17, 15) is 0 Å². The molecule has 7 aromatic carbocycles. The molecular formula is C58H42N4. The Morgan fingerprint density at radius 3 is 2.00 bits per heavy atom. The van der Waals surface area contributed by atoms with Gasteiger partial charge in [-0.3, -0.25) is 0 Å². The quantitative estimate of drug-likeness (QED) is 0.161. The van der Waals surface area contributed by atoms with Gasteiger partial charge < -0.3 is 9.47 Å². The summed E-state index contributed by atoms with van der Waals surface area (Å²) in [5.41, 5.74) is 18.2. The second-order valence-corrected chi connectivity index (χ2v) is 16.5. The van der Waals surface area contributed by atoms with Crippen LogP contribution in [0.15, 0.2) is 219 Å². The van der Waals surface area contributed by atoms with E-state index in [0.717, 1.165) is 35.3 Å². The van der Waals surface area contributed by atoms with Crippen LogP contribution in [0.5, 0.6) is 0 Å². The SMILES string of the molecule is C1=CC2C(C=C1c1ccc3c(c1)c1ccccc1n3C1=CC=C(c3ccccc3)CC1)c1ccccc1N2c1nccc(-c2cccc(-c3ccc(-c4ccccc4)cc3)c2)n1. The second kappa shape index (κ2) is 15.0. The Hall–Kier alpha value is -7.82. The Kier molecular flexibility index (Phi) is 8.74. The van der Waals surface area contributed by atoms with Crippen LogP contribution in [0, 0.1) is 0 Å². The van der Waals surface area contributed by atoms with Gasteiger partial charge in [0.2, 0.25) is 5.95 Å². The van der Waals surface area contributed by atoms with E-state index in [4.69, 9.17) is 9.97 Å². The standard InChI is InChI=1S/C58H42N4/c1-3-12-39(13-4-1)41-22-24-43(25-23-41)44-16-11-17-47(36-44)53-34-35-59-58(60-53)62-55-21-10-8-19-50(55)52-38-46(29-33-57(52)62)45-28-32-56-51(37-45)49-18-7-9-20-54(49)61(56)48-30-26-42(27-31-48)40-14-5-2-6-15-40/h1-26,28-30,32-38,52,57H,27,31H2. The first-order chi connectivity index (χ1) is 30.7. The normalized spacial score (nSPS) is 16.8. The van der Waals surface area contributed by atoms with Crippen LogP contribution >= 0.6 is 0 Å². The van der Waals surface area contributed by atoms with Gasteiger partial charge in [0.15, 0.2) is 0 Å². The molecule has 1 aliphatic heterocycles. The van der Waals surface area contributed by atoms with Crippen LogP contribution in [0.1, 0.15) is 35.4 Å². The van der Waals surface area contributed by atoms with Crippen LogP contribution < -0.4 is 4.90 Å². The Bertz CT molecular complexity index is 3300. The molecule has 2 aromatic heterocycles. The van der Waals surface area contributed by atoms with E-state index in [1.807, 2.05) is 12.3 Å². The lowest BCUT2D eigenvalue weighted by molar-refractivity contribution is 0.732. The molecule has 4 heteroatoms. The summed E-state index contributed by atoms with van der Waals surface area (Å²) in [5.74, 6) is 0.856. The summed E-state index contributed by atoms with van der Waals surface area (Å²) in [5, 5.41) is 2.56. The third kappa shape index (κ3) is 6.22. The summed E-state index contributed by atoms with van der Waals surface area (Å²) < 4.78 is 2.48. The summed E-state index contributed by atoms with van der Waals surface area (Å²) in [6.07, 6.45) is 15.7. The van der Waals surface area contributed by atoms with Gasteiger partial charge in [0.25, 0.3) is 0 Å². The maximum absolute atomic E-state index is 5.25. The summed E-state index contributed by atoms with van der Waals surface area (Å²) in [7, 11) is 0. The number of aromatic nitrogens is 3. The van der Waals surface area contributed by atoms with Crippen LogP contribution in [0.3, 0.4) is 0 Å². The van der Waals surface area contributed by atoms with Gasteiger partial charge in [-0.15, -0.1) is 0 Å². The zero-order valence-electron chi connectivity index (χ0n) is 34.1. The Morgan fingerprint density at radius 1 is 0.500 bits per heavy atom. The summed E-state index contributed by atoms with van der Waals surface area (Å²) in [4.78, 5) is 12.5. The van der Waals surface area contributed by atoms with Crippen LogP contribution in [0.4, 0.5) is 11.6 Å². The molecule has 0 amide bonds. The minimum atomic E-state index is 0.0542. The predicted octanol–water partition coefficient (Wildman–Crippen LogP) is 14.6. The molecule has 2 aliphatic carbocycles. The largest absolute Gasteiger partial charge is 0.313 e. The first-order valence-corrected chi connectivity index (χ1v) is 21.6. The number of rotatable bonds is 7. The highest BCUT2D eigenvalue weighted by Crippen LogP contribution is 2.49. The molecule has 0 bridgehead atoms. The fourth-order valence-electron chi connectivity index (χ4n) is 9.91. The van der Waals surface area contributed by atoms with Gasteiger partial charge in [0, 0.05) is 39.8 Å². The minimum absolute atomic E-state index is 0.0542. The molecule has 12 rings (SSSR count). The van der Waals surface area contributed by atoms with E-state index in [1.54, 1.807) is 0 Å². The van der Waals surface area contributed by atoms with Gasteiger partial charge in [-0.25, -0.2) is 9.97 Å². The number of para-hydroxylation sites is 2. The lowest BCUT2D eigenvalue weighted by Gasteiger charge is -2.28. The van der Waals surface area contributed by atoms with E-state index >= 15 is 0 Å². The number of nitrogens with zero attached hydrogens (tertiary/aromatic N) is 4. The molecule has 4 nitrogen and oxygen atoms in total. The molecule has 9 aromatic rings. The van der Waals surface area contributed by atoms with Gasteiger partial charge in [0.1, 0.15) is 0 Å². The van der Waals surface area contributed by atoms with Gasteiger partial charge in [-0.1, -0.05) is 170 Å². The average Bonchev–Trinajstić information content (AvgIpc) is 3.87. The maximum atomic E-state index is 5.25. The first kappa shape index (κ1) is 36.1. The van der Waals surface area contributed by atoms with Crippen molar-refractivity contribution in [2.24, 2.45) is 0 Å². The number of allylic oxidation sites excluding steroid dienone is 6. The van der Waals surface area contributed by atoms with E-state index in [0.29, 0.717) is 5.95 Å². The third-order valence-corrected chi connectivity index (χ3v) is 13.0. The van der Waals surface area contributed by atoms with Crippen LogP contribution in [0.2, 0.25) is 0 Å². The Morgan fingerprint density at radius 2 is 1.18 bits per heavy atom. The van der Waals surface area contributed by atoms with Crippen molar-refractivity contribution in [1.82, 2.24) is 14.5 Å². The number of benzene rings is 7. The molecule has 0 saturated heterocycles. The van der Waals surface area contributed by atoms with Gasteiger partial charge in [-0.2, -0.15) is 0 Å². The average molecular weight is 795 g/mol. The van der Waals surface area contributed by atoms with E-state index in [1.165, 1.54) is 72.0 Å². The van der Waals surface area contributed by atoms with E-state index < -0.39 is 0 Å². The Labute approximate surface area is 361 Å². The van der Waals surface area contributed by atoms with E-state index in [-0.39, 0.29) is 12.0 Å². The fourth-order valence-corrected chi connectivity index (χ4v) is 9.91. The zero-order valence-corrected chi connectivity index (χ0v) is 34.1. The highest BCUT2D eigenvalue weighted by atomic mass is 15.3. The zero-order chi connectivity index (χ0) is 41.0. The molecule has 3 heterocycles. The lowest BCUT2D eigenvalue weighted by Crippen LogP contribution is -2.30. The molecule has 0 spiro atoms. The molecular weight excluding hydrogens is 753 g/mol. The molecule has 0 fully saturated rings. The predicted molar refractivity (Wildman–Crippen MR) is 258 cm³/mol. The van der Waals surface area contributed by atoms with Crippen molar-refractivity contribution in [3.05, 3.63) is 235 Å². The maximum Gasteiger partial charge on any atom is 0.231 e. The van der Waals surface area contributed by atoms with Gasteiger partial charge in [-0.05, 0) is 105 Å². The highest BCUT2D eigenvalue weighted by Gasteiger charge is 2.39. The summed E-state index contributed by atoms with van der Waals surface area (Å²) >= 11 is 0. The topological polar surface area (TPSA) is 34.0 Å². The van der Waals surface area contributed by atoms with Gasteiger partial charge in [0.05, 0.1) is 22.8 Å².